The number of nitrogens with one attached hydrogen (secondary N) is 1. The van der Waals surface area contributed by atoms with Crippen LogP contribution < -0.4 is 10.1 Å². The Bertz CT molecular complexity index is 498. The number of phenolic OH excluding ortho intramolecular Hbond substituents is 1. The third-order valence-corrected chi connectivity index (χ3v) is 4.84. The van der Waals surface area contributed by atoms with Gasteiger partial charge in [-0.25, -0.2) is 0 Å². The lowest BCUT2D eigenvalue weighted by Crippen LogP contribution is -2.40. The number of carbonyl (C=O) groups is 1. The van der Waals surface area contributed by atoms with Crippen LogP contribution in [0, 0.1) is 5.41 Å². The van der Waals surface area contributed by atoms with Crippen LogP contribution in [-0.4, -0.2) is 30.5 Å². The average molecular weight is 312 g/mol. The summed E-state index contributed by atoms with van der Waals surface area (Å²) in [6.45, 7) is 0.556. The molecule has 0 bridgehead atoms. The predicted octanol–water partition coefficient (Wildman–Crippen LogP) is 3.32. The number of alkyl halides is 1. The van der Waals surface area contributed by atoms with E-state index in [9.17, 15) is 9.90 Å². The quantitative estimate of drug-likeness (QED) is 0.820. The van der Waals surface area contributed by atoms with E-state index in [-0.39, 0.29) is 22.6 Å². The summed E-state index contributed by atoms with van der Waals surface area (Å²) < 4.78 is 5.01. The Balaban J connectivity index is 2.01. The summed E-state index contributed by atoms with van der Waals surface area (Å²) in [4.78, 5) is 12.2. The van der Waals surface area contributed by atoms with Gasteiger partial charge < -0.3 is 15.2 Å². The maximum Gasteiger partial charge on any atom is 0.255 e. The van der Waals surface area contributed by atoms with Gasteiger partial charge >= 0.3 is 0 Å². The molecule has 5 heteroatoms. The maximum atomic E-state index is 12.2. The Hall–Kier alpha value is -1.42. The van der Waals surface area contributed by atoms with Crippen LogP contribution in [0.25, 0.3) is 0 Å². The summed E-state index contributed by atoms with van der Waals surface area (Å²) in [5.74, 6) is 0.733. The van der Waals surface area contributed by atoms with Crippen LogP contribution in [0.15, 0.2) is 18.2 Å². The van der Waals surface area contributed by atoms with Gasteiger partial charge in [-0.15, -0.1) is 11.6 Å². The van der Waals surface area contributed by atoms with E-state index in [1.807, 2.05) is 0 Å². The molecule has 4 nitrogen and oxygen atoms in total. The van der Waals surface area contributed by atoms with Crippen LogP contribution in [0.2, 0.25) is 0 Å². The first-order valence-corrected chi connectivity index (χ1v) is 7.85. The molecular weight excluding hydrogens is 290 g/mol. The molecule has 0 aliphatic heterocycles. The largest absolute Gasteiger partial charge is 0.507 e. The number of ether oxygens (including phenoxy) is 1. The molecule has 0 spiro atoms. The van der Waals surface area contributed by atoms with Crippen molar-refractivity contribution in [2.75, 3.05) is 19.5 Å². The van der Waals surface area contributed by atoms with Crippen LogP contribution in [0.5, 0.6) is 11.5 Å². The van der Waals surface area contributed by atoms with Crippen molar-refractivity contribution >= 4 is 17.5 Å². The topological polar surface area (TPSA) is 58.6 Å². The Morgan fingerprint density at radius 1 is 1.38 bits per heavy atom. The van der Waals surface area contributed by atoms with E-state index in [0.29, 0.717) is 18.2 Å². The van der Waals surface area contributed by atoms with E-state index in [0.717, 1.165) is 25.7 Å². The highest BCUT2D eigenvalue weighted by atomic mass is 35.5. The first-order valence-electron chi connectivity index (χ1n) is 7.31. The second-order valence-corrected chi connectivity index (χ2v) is 6.03. The third-order valence-electron chi connectivity index (χ3n) is 4.27. The van der Waals surface area contributed by atoms with Crippen LogP contribution in [0.1, 0.15) is 42.5 Å². The molecule has 0 atom stereocenters. The van der Waals surface area contributed by atoms with Crippen molar-refractivity contribution in [3.05, 3.63) is 23.8 Å². The first kappa shape index (κ1) is 16.0. The van der Waals surface area contributed by atoms with Crippen LogP contribution in [0.3, 0.4) is 0 Å². The zero-order valence-electron chi connectivity index (χ0n) is 12.3. The highest BCUT2D eigenvalue weighted by molar-refractivity contribution is 6.18. The summed E-state index contributed by atoms with van der Waals surface area (Å²) in [6.07, 6.45) is 5.66. The summed E-state index contributed by atoms with van der Waals surface area (Å²) in [5.41, 5.74) is 0.258. The summed E-state index contributed by atoms with van der Waals surface area (Å²) in [7, 11) is 1.52. The van der Waals surface area contributed by atoms with Gasteiger partial charge in [-0.2, -0.15) is 0 Å². The van der Waals surface area contributed by atoms with Gasteiger partial charge in [0.1, 0.15) is 11.5 Å². The van der Waals surface area contributed by atoms with E-state index < -0.39 is 0 Å². The maximum absolute atomic E-state index is 12.2. The van der Waals surface area contributed by atoms with Crippen molar-refractivity contribution in [3.8, 4) is 11.5 Å². The van der Waals surface area contributed by atoms with Crippen LogP contribution in [0.4, 0.5) is 0 Å². The Morgan fingerprint density at radius 2 is 2.10 bits per heavy atom. The van der Waals surface area contributed by atoms with Crippen molar-refractivity contribution in [2.45, 2.75) is 32.1 Å². The molecule has 1 aromatic carbocycles. The molecule has 0 saturated heterocycles. The van der Waals surface area contributed by atoms with Gasteiger partial charge in [0.15, 0.2) is 0 Å². The number of benzene rings is 1. The minimum atomic E-state index is -0.273. The van der Waals surface area contributed by atoms with Gasteiger partial charge in [0, 0.05) is 23.9 Å². The minimum Gasteiger partial charge on any atom is -0.507 e. The van der Waals surface area contributed by atoms with Gasteiger partial charge in [0.2, 0.25) is 0 Å². The Labute approximate surface area is 130 Å². The van der Waals surface area contributed by atoms with Crippen molar-refractivity contribution in [1.82, 2.24) is 5.32 Å². The summed E-state index contributed by atoms with van der Waals surface area (Å²) in [6, 6.07) is 4.66. The average Bonchev–Trinajstić information content (AvgIpc) is 2.53. The lowest BCUT2D eigenvalue weighted by Gasteiger charge is -2.35. The smallest absolute Gasteiger partial charge is 0.255 e. The number of halogens is 1. The molecule has 0 unspecified atom stereocenters. The molecule has 1 aliphatic rings. The van der Waals surface area contributed by atoms with E-state index in [4.69, 9.17) is 16.3 Å². The zero-order chi connectivity index (χ0) is 15.3. The number of phenols is 1. The fourth-order valence-corrected chi connectivity index (χ4v) is 3.21. The van der Waals surface area contributed by atoms with E-state index in [1.165, 1.54) is 19.6 Å². The zero-order valence-corrected chi connectivity index (χ0v) is 13.1. The summed E-state index contributed by atoms with van der Waals surface area (Å²) >= 11 is 6.12. The van der Waals surface area contributed by atoms with Gasteiger partial charge in [-0.3, -0.25) is 4.79 Å². The van der Waals surface area contributed by atoms with E-state index in [2.05, 4.69) is 5.32 Å². The number of hydrogen-bond acceptors (Lipinski definition) is 3. The second kappa shape index (κ2) is 7.03. The van der Waals surface area contributed by atoms with Gasteiger partial charge in [-0.05, 0) is 25.0 Å². The van der Waals surface area contributed by atoms with Crippen LogP contribution >= 0.6 is 11.6 Å². The molecule has 1 fully saturated rings. The molecule has 2 N–H and O–H groups in total. The van der Waals surface area contributed by atoms with Crippen LogP contribution in [-0.2, 0) is 0 Å². The molecule has 0 heterocycles. The molecule has 1 amide bonds. The minimum absolute atomic E-state index is 0.00243. The molecule has 1 saturated carbocycles. The normalized spacial score (nSPS) is 17.2. The molecule has 2 rings (SSSR count). The predicted molar refractivity (Wildman–Crippen MR) is 83.2 cm³/mol. The Morgan fingerprint density at radius 3 is 2.67 bits per heavy atom. The molecule has 1 aromatic rings. The number of amides is 1. The van der Waals surface area contributed by atoms with Crippen molar-refractivity contribution in [1.29, 1.82) is 0 Å². The van der Waals surface area contributed by atoms with Crippen molar-refractivity contribution in [2.24, 2.45) is 5.41 Å². The first-order chi connectivity index (χ1) is 10.1. The summed E-state index contributed by atoms with van der Waals surface area (Å²) in [5, 5.41) is 12.8. The third kappa shape index (κ3) is 3.82. The second-order valence-electron chi connectivity index (χ2n) is 5.76. The SMILES string of the molecule is COc1ccc(C(=O)NCC2(CCl)CCCCC2)c(O)c1. The molecule has 116 valence electrons. The number of rotatable bonds is 5. The number of carbonyl (C=O) groups excluding carboxylic acids is 1. The molecule has 1 aliphatic carbocycles. The van der Waals surface area contributed by atoms with Gasteiger partial charge in [0.25, 0.3) is 5.91 Å². The van der Waals surface area contributed by atoms with Crippen molar-refractivity contribution in [3.63, 3.8) is 0 Å². The highest BCUT2D eigenvalue weighted by Crippen LogP contribution is 2.37. The Kier molecular flexibility index (Phi) is 5.34. The monoisotopic (exact) mass is 311 g/mol. The highest BCUT2D eigenvalue weighted by Gasteiger charge is 2.31. The van der Waals surface area contributed by atoms with E-state index in [1.54, 1.807) is 12.1 Å². The number of methoxy groups -OCH3 is 1. The standard InChI is InChI=1S/C16H22ClNO3/c1-21-12-5-6-13(14(19)9-12)15(20)18-11-16(10-17)7-3-2-4-8-16/h5-6,9,19H,2-4,7-8,10-11H2,1H3,(H,18,20). The van der Waals surface area contributed by atoms with E-state index >= 15 is 0 Å². The number of hydrogen-bond donors (Lipinski definition) is 2. The fraction of sp³-hybridized carbons (Fsp3) is 0.562. The van der Waals surface area contributed by atoms with Gasteiger partial charge in [0.05, 0.1) is 12.7 Å². The molecule has 21 heavy (non-hydrogen) atoms. The van der Waals surface area contributed by atoms with Crippen molar-refractivity contribution < 1.29 is 14.6 Å². The molecule has 0 aromatic heterocycles. The fourth-order valence-electron chi connectivity index (χ4n) is 2.85. The molecular formula is C16H22ClNO3. The number of aromatic hydroxyl groups is 1. The molecule has 0 radical (unpaired) electrons. The lowest BCUT2D eigenvalue weighted by atomic mass is 9.75. The lowest BCUT2D eigenvalue weighted by molar-refractivity contribution is 0.0918. The van der Waals surface area contributed by atoms with Gasteiger partial charge in [-0.1, -0.05) is 19.3 Å².